The SMILES string of the molecule is C=C/C=C\N=CCc1c2ccccc2c(-c2ccc3c(c2)-c2ccccc2C3(C)C)c2cc(C)ccc12. The van der Waals surface area contributed by atoms with Gasteiger partial charge in [0, 0.05) is 24.3 Å². The normalized spacial score (nSPS) is 14.0. The Bertz CT molecular complexity index is 1750. The van der Waals surface area contributed by atoms with Crippen molar-refractivity contribution in [1.82, 2.24) is 0 Å². The van der Waals surface area contributed by atoms with Gasteiger partial charge in [-0.3, -0.25) is 4.99 Å². The molecule has 1 aliphatic carbocycles. The number of hydrogen-bond donors (Lipinski definition) is 0. The third-order valence-corrected chi connectivity index (χ3v) is 7.87. The third kappa shape index (κ3) is 3.74. The number of hydrogen-bond acceptors (Lipinski definition) is 1. The van der Waals surface area contributed by atoms with Crippen molar-refractivity contribution in [2.45, 2.75) is 32.6 Å². The Hall–Kier alpha value is -4.23. The second-order valence-electron chi connectivity index (χ2n) is 10.5. The Balaban J connectivity index is 1.63. The van der Waals surface area contributed by atoms with Crippen LogP contribution in [0.4, 0.5) is 0 Å². The molecular weight excluding hydrogens is 446 g/mol. The van der Waals surface area contributed by atoms with Crippen LogP contribution in [-0.2, 0) is 11.8 Å². The molecule has 0 unspecified atom stereocenters. The van der Waals surface area contributed by atoms with Crippen LogP contribution in [0, 0.1) is 6.92 Å². The number of nitrogens with zero attached hydrogens (tertiary/aromatic N) is 1. The van der Waals surface area contributed by atoms with E-state index in [-0.39, 0.29) is 5.41 Å². The second-order valence-corrected chi connectivity index (χ2v) is 10.5. The number of allylic oxidation sites excluding steroid dienone is 2. The molecule has 1 aliphatic rings. The predicted molar refractivity (Wildman–Crippen MR) is 161 cm³/mol. The van der Waals surface area contributed by atoms with Gasteiger partial charge in [0.1, 0.15) is 0 Å². The Kier molecular flexibility index (Phi) is 5.65. The quantitative estimate of drug-likeness (QED) is 0.136. The van der Waals surface area contributed by atoms with Crippen LogP contribution in [0.1, 0.15) is 36.1 Å². The van der Waals surface area contributed by atoms with E-state index in [9.17, 15) is 0 Å². The highest BCUT2D eigenvalue weighted by Crippen LogP contribution is 2.50. The minimum Gasteiger partial charge on any atom is -0.269 e. The van der Waals surface area contributed by atoms with Gasteiger partial charge in [0.15, 0.2) is 0 Å². The van der Waals surface area contributed by atoms with Gasteiger partial charge >= 0.3 is 0 Å². The lowest BCUT2D eigenvalue weighted by Crippen LogP contribution is -2.14. The van der Waals surface area contributed by atoms with E-state index < -0.39 is 0 Å². The van der Waals surface area contributed by atoms with E-state index in [0.717, 1.165) is 6.42 Å². The molecule has 0 N–H and O–H groups in total. The van der Waals surface area contributed by atoms with Crippen LogP contribution in [0.5, 0.6) is 0 Å². The van der Waals surface area contributed by atoms with Crippen LogP contribution in [0.3, 0.4) is 0 Å². The number of aryl methyl sites for hydroxylation is 1. The Labute approximate surface area is 219 Å². The second kappa shape index (κ2) is 9.01. The van der Waals surface area contributed by atoms with Gasteiger partial charge in [-0.2, -0.15) is 0 Å². The fourth-order valence-electron chi connectivity index (χ4n) is 6.10. The molecule has 6 rings (SSSR count). The molecule has 5 aromatic carbocycles. The topological polar surface area (TPSA) is 12.4 Å². The summed E-state index contributed by atoms with van der Waals surface area (Å²) < 4.78 is 0. The first kappa shape index (κ1) is 23.2. The fourth-order valence-corrected chi connectivity index (χ4v) is 6.10. The van der Waals surface area contributed by atoms with Gasteiger partial charge in [0.05, 0.1) is 0 Å². The zero-order chi connectivity index (χ0) is 25.6. The number of rotatable bonds is 5. The fraction of sp³-hybridized carbons (Fsp3) is 0.139. The Morgan fingerprint density at radius 3 is 2.32 bits per heavy atom. The molecule has 0 amide bonds. The molecule has 0 saturated carbocycles. The van der Waals surface area contributed by atoms with E-state index in [1.54, 1.807) is 12.3 Å². The molecule has 0 atom stereocenters. The number of benzene rings is 5. The maximum Gasteiger partial charge on any atom is 0.0263 e. The van der Waals surface area contributed by atoms with Crippen LogP contribution in [-0.4, -0.2) is 6.21 Å². The first-order valence-corrected chi connectivity index (χ1v) is 13.0. The van der Waals surface area contributed by atoms with E-state index in [4.69, 9.17) is 0 Å². The van der Waals surface area contributed by atoms with Crippen LogP contribution < -0.4 is 0 Å². The summed E-state index contributed by atoms with van der Waals surface area (Å²) in [7, 11) is 0. The van der Waals surface area contributed by atoms with E-state index in [0.29, 0.717) is 0 Å². The van der Waals surface area contributed by atoms with Crippen LogP contribution >= 0.6 is 0 Å². The van der Waals surface area contributed by atoms with Gasteiger partial charge < -0.3 is 0 Å². The van der Waals surface area contributed by atoms with Crippen molar-refractivity contribution in [2.75, 3.05) is 0 Å². The molecule has 0 heterocycles. The Morgan fingerprint density at radius 2 is 1.49 bits per heavy atom. The summed E-state index contributed by atoms with van der Waals surface area (Å²) in [5, 5.41) is 5.17. The maximum atomic E-state index is 4.47. The zero-order valence-electron chi connectivity index (χ0n) is 21.8. The molecule has 0 radical (unpaired) electrons. The monoisotopic (exact) mass is 477 g/mol. The minimum atomic E-state index is 0.00835. The van der Waals surface area contributed by atoms with E-state index in [1.165, 1.54) is 66.1 Å². The first-order valence-electron chi connectivity index (χ1n) is 13.0. The molecule has 1 nitrogen and oxygen atoms in total. The summed E-state index contributed by atoms with van der Waals surface area (Å²) in [6.45, 7) is 10.6. The summed E-state index contributed by atoms with van der Waals surface area (Å²) in [5.74, 6) is 0. The zero-order valence-corrected chi connectivity index (χ0v) is 21.8. The van der Waals surface area contributed by atoms with Crippen LogP contribution in [0.25, 0.3) is 43.8 Å². The standard InChI is InChI=1S/C36H31N/c1-5-6-20-37-21-19-28-26-11-7-8-13-30(26)35(32-22-24(2)15-17-27(28)32)25-16-18-34-31(23-25)29-12-9-10-14-33(29)36(34,3)4/h5-18,20-23H,1,19H2,2-4H3/b20-6-,37-21?. The van der Waals surface area contributed by atoms with Gasteiger partial charge in [-0.1, -0.05) is 111 Å². The van der Waals surface area contributed by atoms with Gasteiger partial charge in [0.2, 0.25) is 0 Å². The summed E-state index contributed by atoms with van der Waals surface area (Å²) in [5.41, 5.74) is 10.7. The predicted octanol–water partition coefficient (Wildman–Crippen LogP) is 9.59. The molecule has 0 aliphatic heterocycles. The number of fused-ring (bicyclic) bond motifs is 5. The van der Waals surface area contributed by atoms with Crippen LogP contribution in [0.2, 0.25) is 0 Å². The molecule has 0 saturated heterocycles. The first-order chi connectivity index (χ1) is 18.0. The molecule has 0 aromatic heterocycles. The van der Waals surface area contributed by atoms with Crippen LogP contribution in [0.15, 0.2) is 115 Å². The summed E-state index contributed by atoms with van der Waals surface area (Å²) in [6.07, 6.45) is 8.16. The summed E-state index contributed by atoms with van der Waals surface area (Å²) in [4.78, 5) is 4.47. The van der Waals surface area contributed by atoms with E-state index >= 15 is 0 Å². The van der Waals surface area contributed by atoms with Crippen molar-refractivity contribution in [3.63, 3.8) is 0 Å². The van der Waals surface area contributed by atoms with Crippen molar-refractivity contribution < 1.29 is 0 Å². The highest BCUT2D eigenvalue weighted by molar-refractivity contribution is 6.16. The smallest absolute Gasteiger partial charge is 0.0263 e. The highest BCUT2D eigenvalue weighted by atomic mass is 14.7. The minimum absolute atomic E-state index is 0.00835. The van der Waals surface area contributed by atoms with Gasteiger partial charge in [-0.25, -0.2) is 0 Å². The van der Waals surface area contributed by atoms with Crippen molar-refractivity contribution in [1.29, 1.82) is 0 Å². The van der Waals surface area contributed by atoms with Crippen molar-refractivity contribution in [3.05, 3.63) is 132 Å². The molecule has 0 fully saturated rings. The Morgan fingerprint density at radius 1 is 0.757 bits per heavy atom. The van der Waals surface area contributed by atoms with Crippen molar-refractivity contribution in [3.8, 4) is 22.3 Å². The lowest BCUT2D eigenvalue weighted by Gasteiger charge is -2.22. The third-order valence-electron chi connectivity index (χ3n) is 7.87. The molecule has 0 spiro atoms. The van der Waals surface area contributed by atoms with Gasteiger partial charge in [0.25, 0.3) is 0 Å². The molecule has 1 heteroatoms. The van der Waals surface area contributed by atoms with Gasteiger partial charge in [-0.15, -0.1) is 0 Å². The van der Waals surface area contributed by atoms with Crippen molar-refractivity contribution >= 4 is 27.8 Å². The maximum absolute atomic E-state index is 4.47. The highest BCUT2D eigenvalue weighted by Gasteiger charge is 2.35. The molecular formula is C36H31N. The molecule has 180 valence electrons. The van der Waals surface area contributed by atoms with E-state index in [1.807, 2.05) is 12.3 Å². The van der Waals surface area contributed by atoms with Crippen molar-refractivity contribution in [2.24, 2.45) is 4.99 Å². The lowest BCUT2D eigenvalue weighted by atomic mass is 9.81. The summed E-state index contributed by atoms with van der Waals surface area (Å²) >= 11 is 0. The summed E-state index contributed by atoms with van der Waals surface area (Å²) in [6, 6.07) is 31.7. The van der Waals surface area contributed by atoms with E-state index in [2.05, 4.69) is 117 Å². The van der Waals surface area contributed by atoms with Gasteiger partial charge in [-0.05, 0) is 79.6 Å². The number of aliphatic imine (C=N–C) groups is 1. The largest absolute Gasteiger partial charge is 0.269 e. The average Bonchev–Trinajstić information content (AvgIpc) is 3.14. The average molecular weight is 478 g/mol. The molecule has 5 aromatic rings. The molecule has 37 heavy (non-hydrogen) atoms. The lowest BCUT2D eigenvalue weighted by molar-refractivity contribution is 0.660. The molecule has 0 bridgehead atoms.